The van der Waals surface area contributed by atoms with Gasteiger partial charge in [-0.15, -0.1) is 0 Å². The third-order valence-electron chi connectivity index (χ3n) is 3.79. The monoisotopic (exact) mass is 291 g/mol. The zero-order valence-corrected chi connectivity index (χ0v) is 12.6. The van der Waals surface area contributed by atoms with Gasteiger partial charge in [0, 0.05) is 18.4 Å². The maximum Gasteiger partial charge on any atom is 0.158 e. The van der Waals surface area contributed by atoms with Crippen molar-refractivity contribution in [2.24, 2.45) is 5.11 Å². The van der Waals surface area contributed by atoms with Crippen molar-refractivity contribution in [2.45, 2.75) is 50.9 Å². The maximum absolute atomic E-state index is 8.85. The highest BCUT2D eigenvalue weighted by Gasteiger charge is 2.46. The van der Waals surface area contributed by atoms with E-state index in [2.05, 4.69) is 10.0 Å². The molecule has 1 fully saturated rings. The molecule has 21 heavy (non-hydrogen) atoms. The summed E-state index contributed by atoms with van der Waals surface area (Å²) in [6, 6.07) is 9.89. The molecule has 1 aromatic carbocycles. The fourth-order valence-electron chi connectivity index (χ4n) is 2.73. The number of ether oxygens (including phenoxy) is 3. The standard InChI is InChI=1S/C15H21N3O3/c1-11-14(20-10-12-7-5-4-6-8-12)15(2,17-18-16)9-13(19-3)21-11/h4-8,11,13-14H,9-10H2,1-3H3/t11-,13-,14+,15-/m0/s1. The zero-order chi connectivity index (χ0) is 15.3. The normalized spacial score (nSPS) is 32.4. The molecule has 2 rings (SSSR count). The molecular weight excluding hydrogens is 270 g/mol. The molecule has 6 nitrogen and oxygen atoms in total. The smallest absolute Gasteiger partial charge is 0.158 e. The Balaban J connectivity index is 2.12. The van der Waals surface area contributed by atoms with Gasteiger partial charge >= 0.3 is 0 Å². The van der Waals surface area contributed by atoms with Crippen LogP contribution in [-0.2, 0) is 20.8 Å². The number of benzene rings is 1. The molecule has 1 heterocycles. The van der Waals surface area contributed by atoms with Crippen LogP contribution in [0.4, 0.5) is 0 Å². The SMILES string of the molecule is CO[C@@H]1C[C@](C)(N=[N+]=[N-])[C@H](OCc2ccccc2)[C@H](C)O1. The highest BCUT2D eigenvalue weighted by atomic mass is 16.7. The minimum atomic E-state index is -0.693. The quantitative estimate of drug-likeness (QED) is 0.474. The van der Waals surface area contributed by atoms with E-state index in [1.165, 1.54) is 0 Å². The lowest BCUT2D eigenvalue weighted by Gasteiger charge is -2.44. The first-order valence-corrected chi connectivity index (χ1v) is 6.99. The zero-order valence-electron chi connectivity index (χ0n) is 12.6. The van der Waals surface area contributed by atoms with Gasteiger partial charge < -0.3 is 14.2 Å². The third-order valence-corrected chi connectivity index (χ3v) is 3.79. The number of rotatable bonds is 5. The van der Waals surface area contributed by atoms with Crippen LogP contribution in [0, 0.1) is 0 Å². The lowest BCUT2D eigenvalue weighted by atomic mass is 9.86. The Hall–Kier alpha value is -1.59. The Morgan fingerprint density at radius 2 is 2.14 bits per heavy atom. The summed E-state index contributed by atoms with van der Waals surface area (Å²) < 4.78 is 17.0. The molecule has 0 amide bonds. The summed E-state index contributed by atoms with van der Waals surface area (Å²) in [5.74, 6) is 0. The number of azide groups is 1. The molecule has 0 saturated carbocycles. The van der Waals surface area contributed by atoms with Gasteiger partial charge in [0.1, 0.15) is 0 Å². The van der Waals surface area contributed by atoms with Gasteiger partial charge in [0.2, 0.25) is 0 Å². The molecular formula is C15H21N3O3. The Morgan fingerprint density at radius 1 is 1.43 bits per heavy atom. The van der Waals surface area contributed by atoms with Crippen LogP contribution in [0.25, 0.3) is 10.4 Å². The Kier molecular flexibility index (Phi) is 5.20. The van der Waals surface area contributed by atoms with Crippen molar-refractivity contribution in [1.29, 1.82) is 0 Å². The van der Waals surface area contributed by atoms with Gasteiger partial charge in [-0.1, -0.05) is 42.4 Å². The van der Waals surface area contributed by atoms with Crippen LogP contribution in [0.2, 0.25) is 0 Å². The molecule has 0 N–H and O–H groups in total. The van der Waals surface area contributed by atoms with E-state index < -0.39 is 5.54 Å². The Labute approximate surface area is 124 Å². The molecule has 0 unspecified atom stereocenters. The highest BCUT2D eigenvalue weighted by molar-refractivity contribution is 5.13. The third kappa shape index (κ3) is 3.74. The summed E-state index contributed by atoms with van der Waals surface area (Å²) in [4.78, 5) is 2.97. The summed E-state index contributed by atoms with van der Waals surface area (Å²) in [7, 11) is 1.58. The van der Waals surface area contributed by atoms with Crippen LogP contribution in [-0.4, -0.2) is 31.1 Å². The summed E-state index contributed by atoms with van der Waals surface area (Å²) in [6.07, 6.45) is -0.452. The molecule has 1 aromatic rings. The van der Waals surface area contributed by atoms with Gasteiger partial charge in [-0.05, 0) is 18.0 Å². The van der Waals surface area contributed by atoms with Crippen molar-refractivity contribution in [3.8, 4) is 0 Å². The lowest BCUT2D eigenvalue weighted by molar-refractivity contribution is -0.238. The average molecular weight is 291 g/mol. The van der Waals surface area contributed by atoms with E-state index >= 15 is 0 Å². The van der Waals surface area contributed by atoms with E-state index in [4.69, 9.17) is 19.7 Å². The maximum atomic E-state index is 8.85. The van der Waals surface area contributed by atoms with Crippen LogP contribution in [0.15, 0.2) is 35.4 Å². The lowest BCUT2D eigenvalue weighted by Crippen LogP contribution is -2.55. The van der Waals surface area contributed by atoms with Gasteiger partial charge in [-0.25, -0.2) is 0 Å². The molecule has 6 heteroatoms. The van der Waals surface area contributed by atoms with Crippen molar-refractivity contribution in [3.05, 3.63) is 46.3 Å². The molecule has 114 valence electrons. The summed E-state index contributed by atoms with van der Waals surface area (Å²) in [5, 5.41) is 3.95. The van der Waals surface area contributed by atoms with Crippen molar-refractivity contribution < 1.29 is 14.2 Å². The molecule has 0 spiro atoms. The first kappa shape index (κ1) is 15.8. The second-order valence-electron chi connectivity index (χ2n) is 5.47. The predicted molar refractivity (Wildman–Crippen MR) is 78.5 cm³/mol. The largest absolute Gasteiger partial charge is 0.370 e. The fraction of sp³-hybridized carbons (Fsp3) is 0.600. The topological polar surface area (TPSA) is 76.5 Å². The molecule has 0 aliphatic carbocycles. The Bertz CT molecular complexity index is 504. The van der Waals surface area contributed by atoms with Crippen LogP contribution < -0.4 is 0 Å². The van der Waals surface area contributed by atoms with Gasteiger partial charge in [-0.3, -0.25) is 0 Å². The number of hydrogen-bond acceptors (Lipinski definition) is 4. The van der Waals surface area contributed by atoms with Gasteiger partial charge in [0.15, 0.2) is 6.29 Å². The predicted octanol–water partition coefficient (Wildman–Crippen LogP) is 3.42. The fourth-order valence-corrected chi connectivity index (χ4v) is 2.73. The second kappa shape index (κ2) is 6.91. The van der Waals surface area contributed by atoms with Crippen molar-refractivity contribution in [2.75, 3.05) is 7.11 Å². The first-order chi connectivity index (χ1) is 10.1. The Morgan fingerprint density at radius 3 is 2.76 bits per heavy atom. The van der Waals surface area contributed by atoms with Gasteiger partial charge in [0.25, 0.3) is 0 Å². The molecule has 1 aliphatic rings. The van der Waals surface area contributed by atoms with Crippen LogP contribution in [0.3, 0.4) is 0 Å². The van der Waals surface area contributed by atoms with Crippen LogP contribution in [0.1, 0.15) is 25.8 Å². The number of hydrogen-bond donors (Lipinski definition) is 0. The molecule has 1 aliphatic heterocycles. The average Bonchev–Trinajstić information content (AvgIpc) is 2.47. The van der Waals surface area contributed by atoms with E-state index in [-0.39, 0.29) is 18.5 Å². The minimum Gasteiger partial charge on any atom is -0.370 e. The molecule has 0 aromatic heterocycles. The van der Waals surface area contributed by atoms with Gasteiger partial charge in [0.05, 0.1) is 24.4 Å². The summed E-state index contributed by atoms with van der Waals surface area (Å²) >= 11 is 0. The first-order valence-electron chi connectivity index (χ1n) is 6.99. The minimum absolute atomic E-state index is 0.220. The molecule has 4 atom stereocenters. The second-order valence-corrected chi connectivity index (χ2v) is 5.47. The van der Waals surface area contributed by atoms with E-state index in [0.29, 0.717) is 13.0 Å². The number of nitrogens with zero attached hydrogens (tertiary/aromatic N) is 3. The van der Waals surface area contributed by atoms with Crippen LogP contribution >= 0.6 is 0 Å². The van der Waals surface area contributed by atoms with Crippen molar-refractivity contribution >= 4 is 0 Å². The van der Waals surface area contributed by atoms with E-state index in [0.717, 1.165) is 5.56 Å². The molecule has 0 bridgehead atoms. The van der Waals surface area contributed by atoms with Crippen LogP contribution in [0.5, 0.6) is 0 Å². The highest BCUT2D eigenvalue weighted by Crippen LogP contribution is 2.35. The van der Waals surface area contributed by atoms with Crippen molar-refractivity contribution in [3.63, 3.8) is 0 Å². The van der Waals surface area contributed by atoms with E-state index in [1.807, 2.05) is 44.2 Å². The summed E-state index contributed by atoms with van der Waals surface area (Å²) in [6.45, 7) is 4.24. The molecule has 0 radical (unpaired) electrons. The summed E-state index contributed by atoms with van der Waals surface area (Å²) in [5.41, 5.74) is 9.23. The van der Waals surface area contributed by atoms with Gasteiger partial charge in [-0.2, -0.15) is 0 Å². The number of methoxy groups -OCH3 is 1. The molecule has 1 saturated heterocycles. The van der Waals surface area contributed by atoms with E-state index in [1.54, 1.807) is 7.11 Å². The van der Waals surface area contributed by atoms with E-state index in [9.17, 15) is 0 Å². The van der Waals surface area contributed by atoms with Crippen molar-refractivity contribution in [1.82, 2.24) is 0 Å².